The minimum absolute atomic E-state index is 0. The number of hydrogen-bond acceptors (Lipinski definition) is 4. The Balaban J connectivity index is 0.00000182. The van der Waals surface area contributed by atoms with E-state index in [-0.39, 0.29) is 36.8 Å². The maximum absolute atomic E-state index is 12.2. The van der Waals surface area contributed by atoms with E-state index >= 15 is 0 Å². The highest BCUT2D eigenvalue weighted by atomic mass is 35.5. The van der Waals surface area contributed by atoms with Gasteiger partial charge in [0.25, 0.3) is 0 Å². The van der Waals surface area contributed by atoms with Gasteiger partial charge in [-0.3, -0.25) is 4.79 Å². The number of piperidine rings is 1. The molecule has 2 atom stereocenters. The lowest BCUT2D eigenvalue weighted by Gasteiger charge is -2.30. The number of carbonyl (C=O) groups is 1. The van der Waals surface area contributed by atoms with Crippen LogP contribution < -0.4 is 10.6 Å². The fourth-order valence-corrected chi connectivity index (χ4v) is 3.48. The molecule has 9 heteroatoms. The van der Waals surface area contributed by atoms with Gasteiger partial charge in [0.2, 0.25) is 5.91 Å². The Bertz CT molecular complexity index is 754. The topological polar surface area (TPSA) is 67.2 Å². The monoisotopic (exact) mass is 453 g/mol. The molecule has 1 aliphatic rings. The van der Waals surface area contributed by atoms with Crippen LogP contribution in [0.15, 0.2) is 28.8 Å². The molecule has 2 aromatic rings. The van der Waals surface area contributed by atoms with Crippen LogP contribution in [0.25, 0.3) is 11.3 Å². The van der Waals surface area contributed by atoms with E-state index in [0.717, 1.165) is 24.9 Å². The van der Waals surface area contributed by atoms with E-state index in [1.807, 2.05) is 0 Å². The third-order valence-corrected chi connectivity index (χ3v) is 4.97. The summed E-state index contributed by atoms with van der Waals surface area (Å²) in [6.45, 7) is 3.11. The van der Waals surface area contributed by atoms with Gasteiger partial charge in [0.05, 0.1) is 11.2 Å². The molecule has 0 spiro atoms. The molecular weight excluding hydrogens is 432 g/mol. The number of rotatable bonds is 5. The number of aryl methyl sites for hydroxylation is 1. The van der Waals surface area contributed by atoms with Gasteiger partial charge >= 0.3 is 0 Å². The van der Waals surface area contributed by atoms with Gasteiger partial charge in [-0.2, -0.15) is 0 Å². The summed E-state index contributed by atoms with van der Waals surface area (Å²) in [4.78, 5) is 16.4. The van der Waals surface area contributed by atoms with Crippen LogP contribution in [0.2, 0.25) is 10.0 Å². The first kappa shape index (κ1) is 24.1. The average molecular weight is 455 g/mol. The van der Waals surface area contributed by atoms with E-state index in [1.54, 1.807) is 24.4 Å². The van der Waals surface area contributed by atoms with Gasteiger partial charge < -0.3 is 15.1 Å². The first-order chi connectivity index (χ1) is 12.0. The standard InChI is InChI=1S/C18H21Cl2N3O2.2ClH/c1-11-15(3-2-8-21-11)23-17(24)6-7-18-22-10-16(25-18)13-5-4-12(19)9-14(13)20;;/h4-5,9-11,15,21H,2-3,6-8H2,1H3,(H,23,24);2*1H. The summed E-state index contributed by atoms with van der Waals surface area (Å²) < 4.78 is 5.72. The largest absolute Gasteiger partial charge is 0.441 e. The third-order valence-electron chi connectivity index (χ3n) is 4.42. The second kappa shape index (κ2) is 11.1. The molecule has 0 bridgehead atoms. The zero-order valence-corrected chi connectivity index (χ0v) is 18.0. The zero-order chi connectivity index (χ0) is 17.8. The van der Waals surface area contributed by atoms with Gasteiger partial charge in [-0.1, -0.05) is 23.2 Å². The van der Waals surface area contributed by atoms with E-state index in [0.29, 0.717) is 40.6 Å². The predicted molar refractivity (Wildman–Crippen MR) is 113 cm³/mol. The molecule has 3 rings (SSSR count). The van der Waals surface area contributed by atoms with Gasteiger partial charge in [-0.25, -0.2) is 4.98 Å². The van der Waals surface area contributed by atoms with Gasteiger partial charge in [0.1, 0.15) is 0 Å². The molecule has 0 aliphatic carbocycles. The van der Waals surface area contributed by atoms with Crippen molar-refractivity contribution in [3.05, 3.63) is 40.3 Å². The molecule has 27 heavy (non-hydrogen) atoms. The quantitative estimate of drug-likeness (QED) is 0.688. The number of amides is 1. The van der Waals surface area contributed by atoms with E-state index in [1.165, 1.54) is 0 Å². The van der Waals surface area contributed by atoms with E-state index in [4.69, 9.17) is 27.6 Å². The molecular formula is C18H23Cl4N3O2. The first-order valence-corrected chi connectivity index (χ1v) is 9.21. The Kier molecular flexibility index (Phi) is 9.91. The van der Waals surface area contributed by atoms with E-state index in [9.17, 15) is 4.79 Å². The second-order valence-corrected chi connectivity index (χ2v) is 7.15. The summed E-state index contributed by atoms with van der Waals surface area (Å²) in [5.74, 6) is 1.11. The highest BCUT2D eigenvalue weighted by Crippen LogP contribution is 2.30. The fraction of sp³-hybridized carbons (Fsp3) is 0.444. The van der Waals surface area contributed by atoms with Gasteiger partial charge in [-0.15, -0.1) is 24.8 Å². The molecule has 0 saturated carbocycles. The summed E-state index contributed by atoms with van der Waals surface area (Å²) >= 11 is 12.1. The Morgan fingerprint density at radius 2 is 2.15 bits per heavy atom. The van der Waals surface area contributed by atoms with Crippen LogP contribution in [0.4, 0.5) is 0 Å². The zero-order valence-electron chi connectivity index (χ0n) is 14.8. The summed E-state index contributed by atoms with van der Waals surface area (Å²) in [5, 5.41) is 7.53. The molecule has 1 aromatic heterocycles. The highest BCUT2D eigenvalue weighted by Gasteiger charge is 2.22. The first-order valence-electron chi connectivity index (χ1n) is 8.46. The number of nitrogens with zero attached hydrogens (tertiary/aromatic N) is 1. The van der Waals surface area contributed by atoms with E-state index < -0.39 is 0 Å². The minimum Gasteiger partial charge on any atom is -0.441 e. The third kappa shape index (κ3) is 6.54. The van der Waals surface area contributed by atoms with Crippen molar-refractivity contribution in [2.75, 3.05) is 6.54 Å². The molecule has 1 saturated heterocycles. The van der Waals surface area contributed by atoms with Crippen LogP contribution in [-0.4, -0.2) is 29.5 Å². The van der Waals surface area contributed by atoms with Gasteiger partial charge in [0, 0.05) is 35.5 Å². The fourth-order valence-electron chi connectivity index (χ4n) is 2.98. The van der Waals surface area contributed by atoms with Crippen LogP contribution >= 0.6 is 48.0 Å². The van der Waals surface area contributed by atoms with Gasteiger partial charge in [-0.05, 0) is 44.5 Å². The molecule has 5 nitrogen and oxygen atoms in total. The van der Waals surface area contributed by atoms with Crippen molar-refractivity contribution in [1.82, 2.24) is 15.6 Å². The number of benzene rings is 1. The Morgan fingerprint density at radius 1 is 1.37 bits per heavy atom. The lowest BCUT2D eigenvalue weighted by atomic mass is 10.00. The van der Waals surface area contributed by atoms with Crippen molar-refractivity contribution in [3.8, 4) is 11.3 Å². The van der Waals surface area contributed by atoms with E-state index in [2.05, 4.69) is 22.5 Å². The van der Waals surface area contributed by atoms with Crippen molar-refractivity contribution in [3.63, 3.8) is 0 Å². The lowest BCUT2D eigenvalue weighted by molar-refractivity contribution is -0.122. The number of halogens is 4. The van der Waals surface area contributed by atoms with Crippen molar-refractivity contribution >= 4 is 53.9 Å². The van der Waals surface area contributed by atoms with Crippen LogP contribution in [0.5, 0.6) is 0 Å². The Hall–Kier alpha value is -0.980. The molecule has 0 radical (unpaired) electrons. The molecule has 2 N–H and O–H groups in total. The van der Waals surface area contributed by atoms with Gasteiger partial charge in [0.15, 0.2) is 11.7 Å². The summed E-state index contributed by atoms with van der Waals surface area (Å²) in [6.07, 6.45) is 4.51. The number of carbonyl (C=O) groups excluding carboxylic acids is 1. The van der Waals surface area contributed by atoms with Crippen molar-refractivity contribution in [2.24, 2.45) is 0 Å². The molecule has 1 aliphatic heterocycles. The molecule has 1 amide bonds. The van der Waals surface area contributed by atoms with Crippen LogP contribution in [0.3, 0.4) is 0 Å². The van der Waals surface area contributed by atoms with Crippen LogP contribution in [0, 0.1) is 0 Å². The highest BCUT2D eigenvalue weighted by molar-refractivity contribution is 6.36. The smallest absolute Gasteiger partial charge is 0.220 e. The molecule has 2 heterocycles. The van der Waals surface area contributed by atoms with Crippen molar-refractivity contribution in [2.45, 2.75) is 44.7 Å². The lowest BCUT2D eigenvalue weighted by Crippen LogP contribution is -2.51. The number of oxazole rings is 1. The minimum atomic E-state index is 0. The maximum atomic E-state index is 12.2. The summed E-state index contributed by atoms with van der Waals surface area (Å²) in [7, 11) is 0. The molecule has 2 unspecified atom stereocenters. The summed E-state index contributed by atoms with van der Waals surface area (Å²) in [5.41, 5.74) is 0.733. The predicted octanol–water partition coefficient (Wildman–Crippen LogP) is 4.68. The summed E-state index contributed by atoms with van der Waals surface area (Å²) in [6, 6.07) is 5.69. The van der Waals surface area contributed by atoms with Crippen molar-refractivity contribution < 1.29 is 9.21 Å². The van der Waals surface area contributed by atoms with Crippen molar-refractivity contribution in [1.29, 1.82) is 0 Å². The average Bonchev–Trinajstić information content (AvgIpc) is 3.04. The SMILES string of the molecule is CC1NCCCC1NC(=O)CCc1ncc(-c2ccc(Cl)cc2Cl)o1.Cl.Cl. The number of nitrogens with one attached hydrogen (secondary N) is 2. The van der Waals surface area contributed by atoms with Crippen LogP contribution in [0.1, 0.15) is 32.1 Å². The Morgan fingerprint density at radius 3 is 2.85 bits per heavy atom. The molecule has 1 fully saturated rings. The number of hydrogen-bond donors (Lipinski definition) is 2. The Labute approximate surface area is 181 Å². The number of aromatic nitrogens is 1. The second-order valence-electron chi connectivity index (χ2n) is 6.30. The maximum Gasteiger partial charge on any atom is 0.220 e. The molecule has 1 aromatic carbocycles. The van der Waals surface area contributed by atoms with Crippen LogP contribution in [-0.2, 0) is 11.2 Å². The molecule has 150 valence electrons. The normalized spacial score (nSPS) is 18.9.